The second kappa shape index (κ2) is 9.54. The summed E-state index contributed by atoms with van der Waals surface area (Å²) in [5.41, 5.74) is 4.91. The van der Waals surface area contributed by atoms with Gasteiger partial charge in [-0.15, -0.1) is 0 Å². The fraction of sp³-hybridized carbons (Fsp3) is 0.425. The molecule has 2 aromatic carbocycles. The fourth-order valence-electron chi connectivity index (χ4n) is 11.0. The smallest absolute Gasteiger partial charge is 0.248 e. The molecular formula is C40H40F4N4+2. The molecule has 0 saturated heterocycles. The molecule has 2 aliphatic heterocycles. The first-order chi connectivity index (χ1) is 23.0. The van der Waals surface area contributed by atoms with Crippen LogP contribution in [0.15, 0.2) is 67.0 Å². The number of rotatable bonds is 5. The lowest BCUT2D eigenvalue weighted by Gasteiger charge is -2.49. The molecule has 0 amide bonds. The van der Waals surface area contributed by atoms with E-state index in [9.17, 15) is 13.2 Å². The van der Waals surface area contributed by atoms with E-state index in [0.717, 1.165) is 60.2 Å². The monoisotopic (exact) mass is 652 g/mol. The predicted octanol–water partition coefficient (Wildman–Crippen LogP) is 9.05. The molecule has 0 bridgehead atoms. The molecule has 3 aromatic heterocycles. The van der Waals surface area contributed by atoms with Crippen LogP contribution < -0.4 is 9.13 Å². The molecular weight excluding hydrogens is 612 g/mol. The molecule has 4 nitrogen and oxygen atoms in total. The third-order valence-corrected chi connectivity index (χ3v) is 12.8. The van der Waals surface area contributed by atoms with Gasteiger partial charge in [-0.25, -0.2) is 9.07 Å². The minimum Gasteiger partial charge on any atom is -0.248 e. The molecule has 1 fully saturated rings. The normalized spacial score (nSPS) is 25.4. The van der Waals surface area contributed by atoms with Crippen LogP contribution in [0.25, 0.3) is 33.4 Å². The molecule has 5 aromatic rings. The zero-order chi connectivity index (χ0) is 33.5. The maximum absolute atomic E-state index is 16.5. The van der Waals surface area contributed by atoms with Gasteiger partial charge in [0.25, 0.3) is 0 Å². The van der Waals surface area contributed by atoms with Crippen LogP contribution in [0.1, 0.15) is 107 Å². The van der Waals surface area contributed by atoms with E-state index in [2.05, 4.69) is 73.2 Å². The van der Waals surface area contributed by atoms with Crippen LogP contribution in [0.3, 0.4) is 0 Å². The van der Waals surface area contributed by atoms with Gasteiger partial charge in [0.05, 0.1) is 10.9 Å². The Labute approximate surface area is 278 Å². The van der Waals surface area contributed by atoms with Gasteiger partial charge in [0.2, 0.25) is 11.4 Å². The number of hydrogen-bond acceptors (Lipinski definition) is 1. The van der Waals surface area contributed by atoms with Crippen molar-refractivity contribution < 1.29 is 26.7 Å². The number of hydrogen-bond donors (Lipinski definition) is 0. The Hall–Kier alpha value is -4.07. The first kappa shape index (κ1) is 30.0. The number of halogens is 4. The third kappa shape index (κ3) is 3.30. The van der Waals surface area contributed by atoms with E-state index < -0.39 is 28.2 Å². The van der Waals surface area contributed by atoms with Crippen LogP contribution in [0.5, 0.6) is 0 Å². The van der Waals surface area contributed by atoms with Crippen molar-refractivity contribution >= 4 is 10.8 Å². The highest BCUT2D eigenvalue weighted by Gasteiger charge is 2.78. The summed E-state index contributed by atoms with van der Waals surface area (Å²) < 4.78 is 65.7. The van der Waals surface area contributed by atoms with Crippen molar-refractivity contribution in [2.45, 2.75) is 108 Å². The molecule has 246 valence electrons. The molecule has 4 unspecified atom stereocenters. The second-order valence-corrected chi connectivity index (χ2v) is 14.9. The van der Waals surface area contributed by atoms with Crippen molar-refractivity contribution in [3.8, 4) is 22.6 Å². The highest BCUT2D eigenvalue weighted by Crippen LogP contribution is 2.68. The van der Waals surface area contributed by atoms with Crippen LogP contribution in [0.4, 0.5) is 17.6 Å². The van der Waals surface area contributed by atoms with Crippen LogP contribution >= 0.6 is 0 Å². The number of aryl methyl sites for hydroxylation is 1. The van der Waals surface area contributed by atoms with E-state index in [4.69, 9.17) is 0 Å². The minimum absolute atomic E-state index is 0.214. The third-order valence-electron chi connectivity index (χ3n) is 12.8. The fourth-order valence-corrected chi connectivity index (χ4v) is 11.0. The highest BCUT2D eigenvalue weighted by atomic mass is 19.4. The van der Waals surface area contributed by atoms with Gasteiger partial charge in [-0.3, -0.25) is 0 Å². The first-order valence-corrected chi connectivity index (χ1v) is 17.5. The Balaban J connectivity index is 1.44. The minimum atomic E-state index is -4.56. The largest absolute Gasteiger partial charge is 0.435 e. The molecule has 0 spiro atoms. The van der Waals surface area contributed by atoms with Gasteiger partial charge in [0.1, 0.15) is 23.0 Å². The SMILES string of the molecule is CCCCc1ccc2c3c4[n+](ccc13)C1(CC)CC3C([n+]5ccccc5-c5cc(C(F)(F)F)nn53)C1(CC)c1ccc(F)c(c1-4)C2(C)C. The number of pyridine rings is 2. The Morgan fingerprint density at radius 3 is 2.48 bits per heavy atom. The highest BCUT2D eigenvalue weighted by molar-refractivity contribution is 6.03. The number of alkyl halides is 3. The van der Waals surface area contributed by atoms with Crippen LogP contribution in [-0.2, 0) is 29.0 Å². The van der Waals surface area contributed by atoms with Crippen LogP contribution in [0, 0.1) is 5.82 Å². The van der Waals surface area contributed by atoms with Gasteiger partial charge < -0.3 is 0 Å². The predicted molar refractivity (Wildman–Crippen MR) is 176 cm³/mol. The Kier molecular flexibility index (Phi) is 5.97. The van der Waals surface area contributed by atoms with Gasteiger partial charge >= 0.3 is 6.18 Å². The molecule has 1 saturated carbocycles. The summed E-state index contributed by atoms with van der Waals surface area (Å²) in [5, 5.41) is 6.74. The Morgan fingerprint density at radius 1 is 0.958 bits per heavy atom. The van der Waals surface area contributed by atoms with Crippen molar-refractivity contribution in [1.82, 2.24) is 9.78 Å². The zero-order valence-corrected chi connectivity index (χ0v) is 28.0. The number of fused-ring (bicyclic) bond motifs is 10. The number of nitrogens with zero attached hydrogens (tertiary/aromatic N) is 4. The van der Waals surface area contributed by atoms with Crippen molar-refractivity contribution in [2.24, 2.45) is 0 Å². The topological polar surface area (TPSA) is 25.6 Å². The van der Waals surface area contributed by atoms with Crippen molar-refractivity contribution in [2.75, 3.05) is 0 Å². The summed E-state index contributed by atoms with van der Waals surface area (Å²) in [7, 11) is 0. The van der Waals surface area contributed by atoms with E-state index in [1.54, 1.807) is 10.7 Å². The molecule has 0 N–H and O–H groups in total. The standard InChI is InChI=1S/C40H40F4N4/c1-6-9-12-23-14-15-25-32-24(23)18-20-47-35(32)33-26(16-17-27(41)34(33)37(25,4)5)39(8-3)36-30(22-38(39,47)7-2)48-29(21-31(45-48)40(42,43)44)28-13-10-11-19-46(28)36/h10-11,13-21,30,36H,6-9,12,22H2,1-5H3/q+2. The maximum Gasteiger partial charge on any atom is 0.435 e. The van der Waals surface area contributed by atoms with E-state index in [1.807, 2.05) is 30.5 Å². The van der Waals surface area contributed by atoms with E-state index in [0.29, 0.717) is 17.7 Å². The van der Waals surface area contributed by atoms with Crippen LogP contribution in [0.2, 0.25) is 0 Å². The molecule has 8 heteroatoms. The first-order valence-electron chi connectivity index (χ1n) is 17.5. The van der Waals surface area contributed by atoms with Crippen LogP contribution in [-0.4, -0.2) is 9.78 Å². The van der Waals surface area contributed by atoms with E-state index in [1.165, 1.54) is 22.4 Å². The van der Waals surface area contributed by atoms with E-state index >= 15 is 4.39 Å². The lowest BCUT2D eigenvalue weighted by Crippen LogP contribution is -2.71. The van der Waals surface area contributed by atoms with Gasteiger partial charge in [0.15, 0.2) is 29.7 Å². The molecule has 48 heavy (non-hydrogen) atoms. The maximum atomic E-state index is 16.5. The Bertz CT molecular complexity index is 2200. The van der Waals surface area contributed by atoms with Crippen molar-refractivity contribution in [1.29, 1.82) is 0 Å². The molecule has 0 radical (unpaired) electrons. The summed E-state index contributed by atoms with van der Waals surface area (Å²) in [6, 6.07) is 16.8. The van der Waals surface area contributed by atoms with Gasteiger partial charge in [-0.05, 0) is 53.5 Å². The summed E-state index contributed by atoms with van der Waals surface area (Å²) in [4.78, 5) is 0. The van der Waals surface area contributed by atoms with Crippen molar-refractivity contribution in [3.63, 3.8) is 0 Å². The van der Waals surface area contributed by atoms with Crippen molar-refractivity contribution in [3.05, 3.63) is 101 Å². The average molecular weight is 653 g/mol. The number of aromatic nitrogens is 4. The summed E-state index contributed by atoms with van der Waals surface area (Å²) >= 11 is 0. The summed E-state index contributed by atoms with van der Waals surface area (Å²) in [6.45, 7) is 10.9. The lowest BCUT2D eigenvalue weighted by atomic mass is 9.55. The summed E-state index contributed by atoms with van der Waals surface area (Å²) in [6.07, 6.45) is 4.91. The van der Waals surface area contributed by atoms with Gasteiger partial charge in [0, 0.05) is 48.1 Å². The lowest BCUT2D eigenvalue weighted by molar-refractivity contribution is -0.783. The Morgan fingerprint density at radius 2 is 1.75 bits per heavy atom. The molecule has 5 heterocycles. The molecule has 4 aliphatic rings. The summed E-state index contributed by atoms with van der Waals surface area (Å²) in [5.74, 6) is -0.214. The van der Waals surface area contributed by atoms with Gasteiger partial charge in [-0.2, -0.15) is 27.4 Å². The molecule has 9 rings (SSSR count). The zero-order valence-electron chi connectivity index (χ0n) is 28.0. The molecule has 2 aliphatic carbocycles. The van der Waals surface area contributed by atoms with E-state index in [-0.39, 0.29) is 17.9 Å². The quantitative estimate of drug-likeness (QED) is 0.137. The second-order valence-electron chi connectivity index (χ2n) is 14.9. The molecule has 4 atom stereocenters. The number of unbranched alkanes of at least 4 members (excludes halogenated alkanes) is 1. The number of benzene rings is 2. The van der Waals surface area contributed by atoms with Gasteiger partial charge in [-0.1, -0.05) is 59.2 Å². The average Bonchev–Trinajstić information content (AvgIpc) is 3.66.